The van der Waals surface area contributed by atoms with Crippen molar-refractivity contribution < 1.29 is 9.90 Å². The van der Waals surface area contributed by atoms with Gasteiger partial charge in [0.05, 0.1) is 15.6 Å². The van der Waals surface area contributed by atoms with Crippen LogP contribution < -0.4 is 0 Å². The second-order valence-corrected chi connectivity index (χ2v) is 3.71. The molecule has 0 saturated carbocycles. The van der Waals surface area contributed by atoms with E-state index in [-0.39, 0.29) is 6.54 Å². The van der Waals surface area contributed by atoms with Crippen LogP contribution in [0.5, 0.6) is 0 Å². The van der Waals surface area contributed by atoms with Crippen molar-refractivity contribution in [3.05, 3.63) is 22.2 Å². The zero-order chi connectivity index (χ0) is 11.0. The SMILES string of the molecule is O=C(O)Cn1nnc2cc(Cl)c(Cl)cc21. The van der Waals surface area contributed by atoms with Crippen LogP contribution >= 0.6 is 23.2 Å². The van der Waals surface area contributed by atoms with E-state index >= 15 is 0 Å². The summed E-state index contributed by atoms with van der Waals surface area (Å²) < 4.78 is 1.25. The number of benzene rings is 1. The minimum atomic E-state index is -0.993. The van der Waals surface area contributed by atoms with E-state index < -0.39 is 5.97 Å². The van der Waals surface area contributed by atoms with E-state index in [1.165, 1.54) is 4.68 Å². The highest BCUT2D eigenvalue weighted by molar-refractivity contribution is 6.42. The molecule has 2 aromatic rings. The van der Waals surface area contributed by atoms with E-state index in [1.54, 1.807) is 12.1 Å². The fraction of sp³-hybridized carbons (Fsp3) is 0.125. The van der Waals surface area contributed by atoms with E-state index in [0.29, 0.717) is 21.1 Å². The van der Waals surface area contributed by atoms with Crippen LogP contribution in [0.25, 0.3) is 11.0 Å². The van der Waals surface area contributed by atoms with Crippen molar-refractivity contribution in [1.82, 2.24) is 15.0 Å². The molecule has 7 heteroatoms. The number of hydrogen-bond acceptors (Lipinski definition) is 3. The molecule has 2 rings (SSSR count). The first-order chi connectivity index (χ1) is 7.08. The van der Waals surface area contributed by atoms with Gasteiger partial charge in [0.2, 0.25) is 0 Å². The Morgan fingerprint density at radius 1 is 1.40 bits per heavy atom. The standard InChI is InChI=1S/C8H5Cl2N3O2/c9-4-1-6-7(2-5(4)10)13(12-11-6)3-8(14)15/h1-2H,3H2,(H,14,15). The van der Waals surface area contributed by atoms with Crippen LogP contribution in [0.4, 0.5) is 0 Å². The highest BCUT2D eigenvalue weighted by Gasteiger charge is 2.10. The van der Waals surface area contributed by atoms with Gasteiger partial charge in [-0.2, -0.15) is 0 Å². The van der Waals surface area contributed by atoms with Gasteiger partial charge in [0, 0.05) is 0 Å². The fourth-order valence-electron chi connectivity index (χ4n) is 1.21. The van der Waals surface area contributed by atoms with Crippen molar-refractivity contribution in [2.24, 2.45) is 0 Å². The average Bonchev–Trinajstić information content (AvgIpc) is 2.49. The summed E-state index contributed by atoms with van der Waals surface area (Å²) in [7, 11) is 0. The zero-order valence-electron chi connectivity index (χ0n) is 7.31. The molecule has 15 heavy (non-hydrogen) atoms. The molecule has 0 bridgehead atoms. The van der Waals surface area contributed by atoms with Crippen LogP contribution in [0.3, 0.4) is 0 Å². The molecule has 0 amide bonds. The van der Waals surface area contributed by atoms with Crippen LogP contribution in [0.15, 0.2) is 12.1 Å². The summed E-state index contributed by atoms with van der Waals surface area (Å²) in [6.07, 6.45) is 0. The average molecular weight is 246 g/mol. The van der Waals surface area contributed by atoms with E-state index in [9.17, 15) is 4.79 Å². The monoisotopic (exact) mass is 245 g/mol. The lowest BCUT2D eigenvalue weighted by Gasteiger charge is -1.98. The molecule has 1 heterocycles. The van der Waals surface area contributed by atoms with Crippen LogP contribution in [-0.4, -0.2) is 26.1 Å². The van der Waals surface area contributed by atoms with Crippen molar-refractivity contribution in [2.45, 2.75) is 6.54 Å². The maximum absolute atomic E-state index is 10.5. The van der Waals surface area contributed by atoms with E-state index in [0.717, 1.165) is 0 Å². The molecule has 1 aromatic heterocycles. The van der Waals surface area contributed by atoms with Gasteiger partial charge in [-0.25, -0.2) is 4.68 Å². The van der Waals surface area contributed by atoms with Crippen molar-refractivity contribution in [3.63, 3.8) is 0 Å². The predicted octanol–water partition coefficient (Wildman–Crippen LogP) is 1.82. The van der Waals surface area contributed by atoms with Gasteiger partial charge in [0.15, 0.2) is 0 Å². The summed E-state index contributed by atoms with van der Waals surface area (Å²) >= 11 is 11.6. The third-order valence-electron chi connectivity index (χ3n) is 1.84. The summed E-state index contributed by atoms with van der Waals surface area (Å²) in [5.74, 6) is -0.993. The first-order valence-electron chi connectivity index (χ1n) is 3.98. The van der Waals surface area contributed by atoms with Gasteiger partial charge in [-0.1, -0.05) is 28.4 Å². The van der Waals surface area contributed by atoms with Gasteiger partial charge in [-0.3, -0.25) is 4.79 Å². The fourth-order valence-corrected chi connectivity index (χ4v) is 1.52. The second kappa shape index (κ2) is 3.67. The number of carboxylic acid groups (broad SMARTS) is 1. The molecule has 0 fully saturated rings. The summed E-state index contributed by atoms with van der Waals surface area (Å²) in [6.45, 7) is -0.255. The van der Waals surface area contributed by atoms with Crippen molar-refractivity contribution >= 4 is 40.2 Å². The topological polar surface area (TPSA) is 68.0 Å². The molecule has 0 spiro atoms. The number of fused-ring (bicyclic) bond motifs is 1. The Balaban J connectivity index is 2.59. The zero-order valence-corrected chi connectivity index (χ0v) is 8.83. The van der Waals surface area contributed by atoms with Gasteiger partial charge in [-0.05, 0) is 12.1 Å². The summed E-state index contributed by atoms with van der Waals surface area (Å²) in [6, 6.07) is 3.09. The van der Waals surface area contributed by atoms with Gasteiger partial charge in [-0.15, -0.1) is 5.10 Å². The molecule has 0 unspecified atom stereocenters. The molecular weight excluding hydrogens is 241 g/mol. The number of aromatic nitrogens is 3. The number of halogens is 2. The Labute approximate surface area is 94.2 Å². The molecular formula is C8H5Cl2N3O2. The molecule has 78 valence electrons. The number of carboxylic acids is 1. The Hall–Kier alpha value is -1.33. The smallest absolute Gasteiger partial charge is 0.325 e. The first-order valence-corrected chi connectivity index (χ1v) is 4.73. The molecule has 0 aliphatic rings. The van der Waals surface area contributed by atoms with Crippen LogP contribution in [0.2, 0.25) is 10.0 Å². The highest BCUT2D eigenvalue weighted by Crippen LogP contribution is 2.26. The largest absolute Gasteiger partial charge is 0.480 e. The van der Waals surface area contributed by atoms with Crippen molar-refractivity contribution in [2.75, 3.05) is 0 Å². The second-order valence-electron chi connectivity index (χ2n) is 2.90. The number of nitrogens with zero attached hydrogens (tertiary/aromatic N) is 3. The predicted molar refractivity (Wildman–Crippen MR) is 55.2 cm³/mol. The lowest BCUT2D eigenvalue weighted by molar-refractivity contribution is -0.137. The number of rotatable bonds is 2. The highest BCUT2D eigenvalue weighted by atomic mass is 35.5. The maximum atomic E-state index is 10.5. The minimum Gasteiger partial charge on any atom is -0.480 e. The number of carbonyl (C=O) groups is 1. The van der Waals surface area contributed by atoms with Crippen LogP contribution in [-0.2, 0) is 11.3 Å². The third kappa shape index (κ3) is 1.88. The maximum Gasteiger partial charge on any atom is 0.325 e. The van der Waals surface area contributed by atoms with E-state index in [4.69, 9.17) is 28.3 Å². The summed E-state index contributed by atoms with van der Waals surface area (Å²) in [4.78, 5) is 10.5. The number of aliphatic carboxylic acids is 1. The molecule has 0 radical (unpaired) electrons. The Morgan fingerprint density at radius 3 is 2.73 bits per heavy atom. The quantitative estimate of drug-likeness (QED) is 0.877. The molecule has 0 saturated heterocycles. The summed E-state index contributed by atoms with van der Waals surface area (Å²) in [5.41, 5.74) is 1.07. The lowest BCUT2D eigenvalue weighted by atomic mass is 10.3. The Morgan fingerprint density at radius 2 is 2.07 bits per heavy atom. The molecule has 0 aliphatic heterocycles. The van der Waals surface area contributed by atoms with Crippen molar-refractivity contribution in [3.8, 4) is 0 Å². The van der Waals surface area contributed by atoms with Crippen molar-refractivity contribution in [1.29, 1.82) is 0 Å². The van der Waals surface area contributed by atoms with E-state index in [2.05, 4.69) is 10.3 Å². The third-order valence-corrected chi connectivity index (χ3v) is 2.56. The number of hydrogen-bond donors (Lipinski definition) is 1. The van der Waals surface area contributed by atoms with Crippen LogP contribution in [0, 0.1) is 0 Å². The lowest BCUT2D eigenvalue weighted by Crippen LogP contribution is -2.09. The molecule has 1 aromatic carbocycles. The first kappa shape index (κ1) is 10.2. The molecule has 0 atom stereocenters. The normalized spacial score (nSPS) is 10.8. The molecule has 0 aliphatic carbocycles. The Kier molecular flexibility index (Phi) is 2.50. The molecule has 1 N–H and O–H groups in total. The van der Waals surface area contributed by atoms with Gasteiger partial charge in [0.25, 0.3) is 0 Å². The van der Waals surface area contributed by atoms with Gasteiger partial charge >= 0.3 is 5.97 Å². The van der Waals surface area contributed by atoms with E-state index in [1.807, 2.05) is 0 Å². The molecule has 5 nitrogen and oxygen atoms in total. The Bertz CT molecular complexity index is 538. The van der Waals surface area contributed by atoms with Gasteiger partial charge in [0.1, 0.15) is 12.1 Å². The van der Waals surface area contributed by atoms with Crippen LogP contribution in [0.1, 0.15) is 0 Å². The summed E-state index contributed by atoms with van der Waals surface area (Å²) in [5, 5.41) is 16.8. The van der Waals surface area contributed by atoms with Gasteiger partial charge < -0.3 is 5.11 Å². The minimum absolute atomic E-state index is 0.255.